The molecule has 0 aliphatic rings. The second kappa shape index (κ2) is 6.83. The number of esters is 1. The predicted octanol–water partition coefficient (Wildman–Crippen LogP) is 1.81. The molecule has 0 aliphatic heterocycles. The normalized spacial score (nSPS) is 11.4. The van der Waals surface area contributed by atoms with Crippen molar-refractivity contribution in [3.05, 3.63) is 0 Å². The van der Waals surface area contributed by atoms with E-state index in [1.165, 1.54) is 7.11 Å². The van der Waals surface area contributed by atoms with Gasteiger partial charge in [-0.1, -0.05) is 13.3 Å². The molecule has 0 aromatic carbocycles. The summed E-state index contributed by atoms with van der Waals surface area (Å²) in [7, 11) is 1.39. The third kappa shape index (κ3) is 5.89. The quantitative estimate of drug-likeness (QED) is 0.359. The lowest BCUT2D eigenvalue weighted by atomic mass is 10.3. The number of hydrogen-bond acceptors (Lipinski definition) is 3. The van der Waals surface area contributed by atoms with Gasteiger partial charge in [0.1, 0.15) is 0 Å². The zero-order chi connectivity index (χ0) is 9.40. The highest BCUT2D eigenvalue weighted by atomic mass is 16.5. The Balaban J connectivity index is 3.62. The molecule has 0 rings (SSSR count). The number of nitrogens with zero attached hydrogens (tertiary/aromatic N) is 1. The summed E-state index contributed by atoms with van der Waals surface area (Å²) in [6, 6.07) is 0. The van der Waals surface area contributed by atoms with Gasteiger partial charge in [-0.25, -0.2) is 0 Å². The highest BCUT2D eigenvalue weighted by Gasteiger charge is 2.01. The summed E-state index contributed by atoms with van der Waals surface area (Å²) >= 11 is 0. The van der Waals surface area contributed by atoms with E-state index in [1.54, 1.807) is 0 Å². The van der Waals surface area contributed by atoms with Crippen LogP contribution in [0.3, 0.4) is 0 Å². The Bertz CT molecular complexity index is 164. The van der Waals surface area contributed by atoms with Gasteiger partial charge in [-0.15, -0.1) is 0 Å². The van der Waals surface area contributed by atoms with Crippen LogP contribution in [0.2, 0.25) is 0 Å². The van der Waals surface area contributed by atoms with Crippen molar-refractivity contribution in [1.82, 2.24) is 0 Å². The Morgan fingerprint density at radius 3 is 2.67 bits per heavy atom. The Labute approximate surface area is 73.8 Å². The van der Waals surface area contributed by atoms with Crippen molar-refractivity contribution in [2.75, 3.05) is 13.7 Å². The molecule has 0 fully saturated rings. The number of methoxy groups -OCH3 is 1. The van der Waals surface area contributed by atoms with Crippen LogP contribution in [0.15, 0.2) is 4.99 Å². The molecule has 12 heavy (non-hydrogen) atoms. The maximum absolute atomic E-state index is 10.8. The van der Waals surface area contributed by atoms with Crippen molar-refractivity contribution in [2.24, 2.45) is 4.99 Å². The van der Waals surface area contributed by atoms with E-state index in [9.17, 15) is 4.79 Å². The van der Waals surface area contributed by atoms with E-state index in [4.69, 9.17) is 0 Å². The number of carbonyl (C=O) groups is 1. The molecule has 0 N–H and O–H groups in total. The predicted molar refractivity (Wildman–Crippen MR) is 49.5 cm³/mol. The average molecular weight is 171 g/mol. The molecule has 3 heteroatoms. The van der Waals surface area contributed by atoms with Gasteiger partial charge in [-0.05, 0) is 13.3 Å². The summed E-state index contributed by atoms with van der Waals surface area (Å²) in [6.45, 7) is 4.79. The fraction of sp³-hybridized carbons (Fsp3) is 0.778. The Hall–Kier alpha value is -0.860. The van der Waals surface area contributed by atoms with Crippen molar-refractivity contribution >= 4 is 11.7 Å². The zero-order valence-corrected chi connectivity index (χ0v) is 8.09. The monoisotopic (exact) mass is 171 g/mol. The standard InChI is InChI=1S/C9H17NO2/c1-4-5-6-10-8(2)7-9(11)12-3/h4-7H2,1-3H3. The van der Waals surface area contributed by atoms with Gasteiger partial charge in [-0.3, -0.25) is 9.79 Å². The number of ether oxygens (including phenoxy) is 1. The maximum Gasteiger partial charge on any atom is 0.311 e. The first-order valence-corrected chi connectivity index (χ1v) is 4.27. The number of carbonyl (C=O) groups excluding carboxylic acids is 1. The van der Waals surface area contributed by atoms with Gasteiger partial charge in [-0.2, -0.15) is 0 Å². The fourth-order valence-electron chi connectivity index (χ4n) is 0.765. The second-order valence-electron chi connectivity index (χ2n) is 2.72. The summed E-state index contributed by atoms with van der Waals surface area (Å²) in [5.41, 5.74) is 0.857. The minimum absolute atomic E-state index is 0.215. The first-order chi connectivity index (χ1) is 5.70. The third-order valence-corrected chi connectivity index (χ3v) is 1.52. The molecule has 0 amide bonds. The highest BCUT2D eigenvalue weighted by Crippen LogP contribution is 1.92. The Kier molecular flexibility index (Phi) is 6.34. The molecule has 0 heterocycles. The third-order valence-electron chi connectivity index (χ3n) is 1.52. The summed E-state index contributed by atoms with van der Waals surface area (Å²) in [5.74, 6) is -0.215. The summed E-state index contributed by atoms with van der Waals surface area (Å²) in [4.78, 5) is 15.0. The molecular formula is C9H17NO2. The van der Waals surface area contributed by atoms with E-state index >= 15 is 0 Å². The molecule has 70 valence electrons. The minimum atomic E-state index is -0.215. The van der Waals surface area contributed by atoms with Crippen LogP contribution in [0.5, 0.6) is 0 Å². The van der Waals surface area contributed by atoms with Crippen molar-refractivity contribution in [3.8, 4) is 0 Å². The largest absolute Gasteiger partial charge is 0.469 e. The molecule has 0 atom stereocenters. The molecule has 0 aromatic rings. The fourth-order valence-corrected chi connectivity index (χ4v) is 0.765. The van der Waals surface area contributed by atoms with Gasteiger partial charge >= 0.3 is 5.97 Å². The van der Waals surface area contributed by atoms with Crippen molar-refractivity contribution < 1.29 is 9.53 Å². The van der Waals surface area contributed by atoms with Gasteiger partial charge in [0.05, 0.1) is 13.5 Å². The van der Waals surface area contributed by atoms with E-state index in [0.29, 0.717) is 6.42 Å². The molecule has 0 saturated heterocycles. The van der Waals surface area contributed by atoms with E-state index in [2.05, 4.69) is 16.7 Å². The van der Waals surface area contributed by atoms with Gasteiger partial charge in [0.15, 0.2) is 0 Å². The number of unbranched alkanes of at least 4 members (excludes halogenated alkanes) is 1. The molecule has 0 saturated carbocycles. The number of hydrogen-bond donors (Lipinski definition) is 0. The smallest absolute Gasteiger partial charge is 0.311 e. The zero-order valence-electron chi connectivity index (χ0n) is 8.09. The van der Waals surface area contributed by atoms with Crippen LogP contribution in [0, 0.1) is 0 Å². The summed E-state index contributed by atoms with van der Waals surface area (Å²) < 4.78 is 4.51. The lowest BCUT2D eigenvalue weighted by molar-refractivity contribution is -0.139. The topological polar surface area (TPSA) is 38.7 Å². The number of aliphatic imine (C=N–C) groups is 1. The van der Waals surface area contributed by atoms with Crippen molar-refractivity contribution in [3.63, 3.8) is 0 Å². The average Bonchev–Trinajstić information content (AvgIpc) is 2.05. The first kappa shape index (κ1) is 11.1. The molecule has 0 radical (unpaired) electrons. The van der Waals surface area contributed by atoms with Crippen LogP contribution in [-0.4, -0.2) is 25.3 Å². The van der Waals surface area contributed by atoms with Gasteiger partial charge in [0.2, 0.25) is 0 Å². The van der Waals surface area contributed by atoms with Gasteiger partial charge < -0.3 is 4.74 Å². The maximum atomic E-state index is 10.8. The van der Waals surface area contributed by atoms with E-state index in [-0.39, 0.29) is 5.97 Å². The molecule has 0 spiro atoms. The highest BCUT2D eigenvalue weighted by molar-refractivity contribution is 5.97. The lowest BCUT2D eigenvalue weighted by Crippen LogP contribution is -2.06. The molecule has 0 aliphatic carbocycles. The Morgan fingerprint density at radius 2 is 2.17 bits per heavy atom. The van der Waals surface area contributed by atoms with Crippen LogP contribution in [0.25, 0.3) is 0 Å². The Morgan fingerprint density at radius 1 is 1.50 bits per heavy atom. The van der Waals surface area contributed by atoms with Crippen LogP contribution in [-0.2, 0) is 9.53 Å². The molecule has 0 aromatic heterocycles. The van der Waals surface area contributed by atoms with Gasteiger partial charge in [0.25, 0.3) is 0 Å². The SMILES string of the molecule is CCCCN=C(C)CC(=O)OC. The molecule has 0 bridgehead atoms. The summed E-state index contributed by atoms with van der Waals surface area (Å²) in [5, 5.41) is 0. The van der Waals surface area contributed by atoms with Crippen LogP contribution < -0.4 is 0 Å². The first-order valence-electron chi connectivity index (χ1n) is 4.27. The molecule has 0 unspecified atom stereocenters. The van der Waals surface area contributed by atoms with Crippen LogP contribution >= 0.6 is 0 Å². The molecule has 3 nitrogen and oxygen atoms in total. The van der Waals surface area contributed by atoms with E-state index in [0.717, 1.165) is 25.1 Å². The number of rotatable bonds is 5. The van der Waals surface area contributed by atoms with E-state index in [1.807, 2.05) is 6.92 Å². The van der Waals surface area contributed by atoms with E-state index < -0.39 is 0 Å². The van der Waals surface area contributed by atoms with Crippen molar-refractivity contribution in [1.29, 1.82) is 0 Å². The van der Waals surface area contributed by atoms with Crippen LogP contribution in [0.4, 0.5) is 0 Å². The van der Waals surface area contributed by atoms with Gasteiger partial charge in [0, 0.05) is 12.3 Å². The lowest BCUT2D eigenvalue weighted by Gasteiger charge is -1.98. The minimum Gasteiger partial charge on any atom is -0.469 e. The summed E-state index contributed by atoms with van der Waals surface area (Å²) in [6.07, 6.45) is 2.54. The van der Waals surface area contributed by atoms with Crippen LogP contribution in [0.1, 0.15) is 33.1 Å². The second-order valence-corrected chi connectivity index (χ2v) is 2.72. The molecular weight excluding hydrogens is 154 g/mol. The van der Waals surface area contributed by atoms with Crippen molar-refractivity contribution in [2.45, 2.75) is 33.1 Å².